The molecular formula is C19H20O. The number of hydrogen-bond acceptors (Lipinski definition) is 1. The molecule has 0 aliphatic rings. The topological polar surface area (TPSA) is 9.23 Å². The zero-order valence-electron chi connectivity index (χ0n) is 12.5. The lowest BCUT2D eigenvalue weighted by molar-refractivity contribution is 0.132. The van der Waals surface area contributed by atoms with Gasteiger partial charge < -0.3 is 4.74 Å². The molecule has 20 heavy (non-hydrogen) atoms. The van der Waals surface area contributed by atoms with Gasteiger partial charge in [0.2, 0.25) is 0 Å². The third-order valence-corrected chi connectivity index (χ3v) is 3.54. The maximum absolute atomic E-state index is 6.25. The predicted molar refractivity (Wildman–Crippen MR) is 86.6 cm³/mol. The standard InChI is InChI=1S/C19H20O/c1-13-14-9-5-6-10-15(14)16-11-7-8-12-17(16)18(13)20-19(2,3)4/h5-12H,1-4H3. The second-order valence-electron chi connectivity index (χ2n) is 6.26. The molecule has 0 amide bonds. The molecule has 0 spiro atoms. The molecule has 0 saturated heterocycles. The maximum atomic E-state index is 6.25. The highest BCUT2D eigenvalue weighted by atomic mass is 16.5. The second-order valence-corrected chi connectivity index (χ2v) is 6.26. The van der Waals surface area contributed by atoms with Crippen molar-refractivity contribution in [3.63, 3.8) is 0 Å². The van der Waals surface area contributed by atoms with Crippen LogP contribution in [0.4, 0.5) is 0 Å². The molecule has 0 bridgehead atoms. The van der Waals surface area contributed by atoms with Gasteiger partial charge >= 0.3 is 0 Å². The van der Waals surface area contributed by atoms with Crippen molar-refractivity contribution < 1.29 is 4.74 Å². The summed E-state index contributed by atoms with van der Waals surface area (Å²) in [4.78, 5) is 0. The van der Waals surface area contributed by atoms with E-state index in [9.17, 15) is 0 Å². The Morgan fingerprint density at radius 1 is 0.700 bits per heavy atom. The number of hydrogen-bond donors (Lipinski definition) is 0. The Balaban J connectivity index is 2.44. The molecule has 3 rings (SSSR count). The van der Waals surface area contributed by atoms with Gasteiger partial charge in [0.1, 0.15) is 11.4 Å². The van der Waals surface area contributed by atoms with Crippen molar-refractivity contribution >= 4 is 21.5 Å². The van der Waals surface area contributed by atoms with Crippen molar-refractivity contribution in [2.45, 2.75) is 33.3 Å². The van der Waals surface area contributed by atoms with E-state index in [1.807, 2.05) is 0 Å². The summed E-state index contributed by atoms with van der Waals surface area (Å²) < 4.78 is 6.25. The van der Waals surface area contributed by atoms with E-state index in [-0.39, 0.29) is 5.60 Å². The minimum Gasteiger partial charge on any atom is -0.487 e. The first-order chi connectivity index (χ1) is 9.47. The van der Waals surface area contributed by atoms with Gasteiger partial charge in [0.25, 0.3) is 0 Å². The molecule has 0 radical (unpaired) electrons. The van der Waals surface area contributed by atoms with Crippen molar-refractivity contribution in [3.05, 3.63) is 54.1 Å². The third kappa shape index (κ3) is 2.14. The van der Waals surface area contributed by atoms with Crippen LogP contribution in [0.3, 0.4) is 0 Å². The SMILES string of the molecule is Cc1c(OC(C)(C)C)c2ccccc2c2ccccc12. The molecule has 0 aromatic heterocycles. The summed E-state index contributed by atoms with van der Waals surface area (Å²) in [6, 6.07) is 17.0. The van der Waals surface area contributed by atoms with E-state index in [0.29, 0.717) is 0 Å². The maximum Gasteiger partial charge on any atom is 0.131 e. The number of aryl methyl sites for hydroxylation is 1. The van der Waals surface area contributed by atoms with E-state index in [2.05, 4.69) is 76.2 Å². The number of ether oxygens (including phenoxy) is 1. The van der Waals surface area contributed by atoms with Crippen molar-refractivity contribution in [2.24, 2.45) is 0 Å². The van der Waals surface area contributed by atoms with Crippen LogP contribution in [0.15, 0.2) is 48.5 Å². The first-order valence-electron chi connectivity index (χ1n) is 7.06. The molecular weight excluding hydrogens is 244 g/mol. The van der Waals surface area contributed by atoms with E-state index in [1.54, 1.807) is 0 Å². The lowest BCUT2D eigenvalue weighted by Crippen LogP contribution is -2.23. The first kappa shape index (κ1) is 13.0. The number of benzene rings is 3. The molecule has 3 aromatic carbocycles. The van der Waals surface area contributed by atoms with E-state index < -0.39 is 0 Å². The van der Waals surface area contributed by atoms with Gasteiger partial charge in [0.05, 0.1) is 0 Å². The average molecular weight is 264 g/mol. The molecule has 1 nitrogen and oxygen atoms in total. The Kier molecular flexibility index (Phi) is 2.93. The minimum atomic E-state index is -0.198. The predicted octanol–water partition coefficient (Wildman–Crippen LogP) is 5.48. The van der Waals surface area contributed by atoms with Gasteiger partial charge in [0.15, 0.2) is 0 Å². The van der Waals surface area contributed by atoms with Gasteiger partial charge in [0, 0.05) is 5.39 Å². The summed E-state index contributed by atoms with van der Waals surface area (Å²) in [6.45, 7) is 8.43. The van der Waals surface area contributed by atoms with Gasteiger partial charge in [-0.2, -0.15) is 0 Å². The van der Waals surface area contributed by atoms with Crippen molar-refractivity contribution in [2.75, 3.05) is 0 Å². The first-order valence-corrected chi connectivity index (χ1v) is 7.06. The molecule has 102 valence electrons. The van der Waals surface area contributed by atoms with E-state index >= 15 is 0 Å². The van der Waals surface area contributed by atoms with Gasteiger partial charge in [-0.1, -0.05) is 48.5 Å². The lowest BCUT2D eigenvalue weighted by atomic mass is 9.96. The fraction of sp³-hybridized carbons (Fsp3) is 0.263. The summed E-state index contributed by atoms with van der Waals surface area (Å²) in [6.07, 6.45) is 0. The summed E-state index contributed by atoms with van der Waals surface area (Å²) in [7, 11) is 0. The van der Waals surface area contributed by atoms with E-state index in [4.69, 9.17) is 4.74 Å². The van der Waals surface area contributed by atoms with Gasteiger partial charge in [-0.3, -0.25) is 0 Å². The Bertz CT molecular complexity index is 779. The summed E-state index contributed by atoms with van der Waals surface area (Å²) in [5.74, 6) is 1.01. The quantitative estimate of drug-likeness (QED) is 0.529. The van der Waals surface area contributed by atoms with Crippen LogP contribution in [-0.4, -0.2) is 5.60 Å². The molecule has 0 N–H and O–H groups in total. The van der Waals surface area contributed by atoms with Crippen LogP contribution in [0, 0.1) is 6.92 Å². The molecule has 0 heterocycles. The fourth-order valence-corrected chi connectivity index (χ4v) is 2.72. The van der Waals surface area contributed by atoms with Gasteiger partial charge in [-0.15, -0.1) is 0 Å². The van der Waals surface area contributed by atoms with Crippen LogP contribution in [-0.2, 0) is 0 Å². The average Bonchev–Trinajstić information content (AvgIpc) is 2.42. The summed E-state index contributed by atoms with van der Waals surface area (Å²) in [5.41, 5.74) is 1.02. The minimum absolute atomic E-state index is 0.198. The third-order valence-electron chi connectivity index (χ3n) is 3.54. The summed E-state index contributed by atoms with van der Waals surface area (Å²) >= 11 is 0. The molecule has 0 unspecified atom stereocenters. The van der Waals surface area contributed by atoms with Crippen LogP contribution in [0.25, 0.3) is 21.5 Å². The Labute approximate surface area is 120 Å². The second kappa shape index (κ2) is 4.52. The molecule has 3 aromatic rings. The monoisotopic (exact) mass is 264 g/mol. The van der Waals surface area contributed by atoms with Crippen LogP contribution < -0.4 is 4.74 Å². The van der Waals surface area contributed by atoms with Crippen molar-refractivity contribution in [1.29, 1.82) is 0 Å². The molecule has 0 saturated carbocycles. The lowest BCUT2D eigenvalue weighted by Gasteiger charge is -2.25. The normalized spacial score (nSPS) is 12.0. The Hall–Kier alpha value is -2.02. The molecule has 0 aliphatic carbocycles. The summed E-state index contributed by atoms with van der Waals surface area (Å²) in [5, 5.41) is 5.01. The zero-order chi connectivity index (χ0) is 14.3. The Morgan fingerprint density at radius 3 is 1.70 bits per heavy atom. The van der Waals surface area contributed by atoms with Crippen LogP contribution in [0.5, 0.6) is 5.75 Å². The smallest absolute Gasteiger partial charge is 0.131 e. The molecule has 0 aliphatic heterocycles. The van der Waals surface area contributed by atoms with Crippen molar-refractivity contribution in [1.82, 2.24) is 0 Å². The molecule has 1 heteroatoms. The van der Waals surface area contributed by atoms with Gasteiger partial charge in [-0.25, -0.2) is 0 Å². The van der Waals surface area contributed by atoms with Gasteiger partial charge in [-0.05, 0) is 49.4 Å². The van der Waals surface area contributed by atoms with Crippen molar-refractivity contribution in [3.8, 4) is 5.75 Å². The number of rotatable bonds is 1. The highest BCUT2D eigenvalue weighted by Gasteiger charge is 2.18. The highest BCUT2D eigenvalue weighted by Crippen LogP contribution is 2.38. The van der Waals surface area contributed by atoms with Crippen LogP contribution in [0.1, 0.15) is 26.3 Å². The Morgan fingerprint density at radius 2 is 1.15 bits per heavy atom. The number of fused-ring (bicyclic) bond motifs is 3. The molecule has 0 atom stereocenters. The van der Waals surface area contributed by atoms with Crippen LogP contribution >= 0.6 is 0 Å². The molecule has 0 fully saturated rings. The van der Waals surface area contributed by atoms with E-state index in [1.165, 1.54) is 27.1 Å². The largest absolute Gasteiger partial charge is 0.487 e. The van der Waals surface area contributed by atoms with E-state index in [0.717, 1.165) is 5.75 Å². The van der Waals surface area contributed by atoms with Crippen LogP contribution in [0.2, 0.25) is 0 Å². The zero-order valence-corrected chi connectivity index (χ0v) is 12.5. The fourth-order valence-electron chi connectivity index (χ4n) is 2.72. The highest BCUT2D eigenvalue weighted by molar-refractivity contribution is 6.12.